The first-order chi connectivity index (χ1) is 22.5. The third-order valence-electron chi connectivity index (χ3n) is 8.21. The van der Waals surface area contributed by atoms with E-state index in [9.17, 15) is 14.4 Å². The summed E-state index contributed by atoms with van der Waals surface area (Å²) >= 11 is 0. The van der Waals surface area contributed by atoms with Crippen LogP contribution in [-0.4, -0.2) is 42.9 Å². The second kappa shape index (κ2) is 16.3. The molecule has 0 bridgehead atoms. The maximum absolute atomic E-state index is 14.0. The van der Waals surface area contributed by atoms with E-state index in [-0.39, 0.29) is 24.7 Å². The van der Waals surface area contributed by atoms with Crippen LogP contribution >= 0.6 is 0 Å². The summed E-state index contributed by atoms with van der Waals surface area (Å²) in [6, 6.07) is 36.3. The Morgan fingerprint density at radius 1 is 0.565 bits per heavy atom. The van der Waals surface area contributed by atoms with Gasteiger partial charge in [0.15, 0.2) is 0 Å². The average Bonchev–Trinajstić information content (AvgIpc) is 3.09. The summed E-state index contributed by atoms with van der Waals surface area (Å²) in [6.07, 6.45) is 2.95. The van der Waals surface area contributed by atoms with Crippen LogP contribution in [0.2, 0.25) is 0 Å². The SMILES string of the molecule is NCCCCNC(=O)[C@H](Cc1ccc2ccccc2c1)NC(=O)[C@H](Cc1ccc2ccccc2c1)NC(=O)CCc1ccccc1. The molecule has 0 spiro atoms. The third kappa shape index (κ3) is 9.25. The number of rotatable bonds is 15. The maximum atomic E-state index is 14.0. The summed E-state index contributed by atoms with van der Waals surface area (Å²) in [5.41, 5.74) is 8.53. The molecule has 5 rings (SSSR count). The van der Waals surface area contributed by atoms with Crippen molar-refractivity contribution in [2.24, 2.45) is 5.73 Å². The van der Waals surface area contributed by atoms with Crippen molar-refractivity contribution >= 4 is 39.3 Å². The highest BCUT2D eigenvalue weighted by Crippen LogP contribution is 2.19. The van der Waals surface area contributed by atoms with Gasteiger partial charge in [0, 0.05) is 25.8 Å². The zero-order valence-electron chi connectivity index (χ0n) is 26.1. The number of amides is 3. The minimum Gasteiger partial charge on any atom is -0.354 e. The van der Waals surface area contributed by atoms with E-state index in [4.69, 9.17) is 5.73 Å². The van der Waals surface area contributed by atoms with Gasteiger partial charge in [-0.1, -0.05) is 115 Å². The zero-order chi connectivity index (χ0) is 32.1. The van der Waals surface area contributed by atoms with Gasteiger partial charge in [-0.2, -0.15) is 0 Å². The van der Waals surface area contributed by atoms with E-state index < -0.39 is 18.0 Å². The van der Waals surface area contributed by atoms with Crippen molar-refractivity contribution in [2.45, 2.75) is 50.6 Å². The number of hydrogen-bond acceptors (Lipinski definition) is 4. The number of unbranched alkanes of at least 4 members (excludes halogenated alkanes) is 1. The molecule has 5 aromatic carbocycles. The molecule has 0 unspecified atom stereocenters. The number of hydrogen-bond donors (Lipinski definition) is 4. The van der Waals surface area contributed by atoms with Gasteiger partial charge in [0.1, 0.15) is 12.1 Å². The lowest BCUT2D eigenvalue weighted by Gasteiger charge is -2.24. The predicted octanol–water partition coefficient (Wildman–Crippen LogP) is 5.24. The summed E-state index contributed by atoms with van der Waals surface area (Å²) in [4.78, 5) is 40.7. The molecular weight excluding hydrogens is 572 g/mol. The molecule has 0 aliphatic heterocycles. The highest BCUT2D eigenvalue weighted by molar-refractivity contribution is 5.93. The van der Waals surface area contributed by atoms with Gasteiger partial charge >= 0.3 is 0 Å². The number of carbonyl (C=O) groups is 3. The van der Waals surface area contributed by atoms with E-state index in [1.165, 1.54) is 0 Å². The first-order valence-electron chi connectivity index (χ1n) is 16.1. The number of nitrogens with two attached hydrogens (primary N) is 1. The Labute approximate surface area is 270 Å². The minimum absolute atomic E-state index is 0.220. The fraction of sp³-hybridized carbons (Fsp3) is 0.256. The maximum Gasteiger partial charge on any atom is 0.243 e. The number of benzene rings is 5. The normalized spacial score (nSPS) is 12.4. The molecule has 236 valence electrons. The largest absolute Gasteiger partial charge is 0.354 e. The van der Waals surface area contributed by atoms with Crippen molar-refractivity contribution in [3.8, 4) is 0 Å². The van der Waals surface area contributed by atoms with Crippen molar-refractivity contribution < 1.29 is 14.4 Å². The van der Waals surface area contributed by atoms with Crippen LogP contribution in [-0.2, 0) is 33.6 Å². The van der Waals surface area contributed by atoms with Gasteiger partial charge in [-0.25, -0.2) is 0 Å². The molecule has 0 radical (unpaired) electrons. The van der Waals surface area contributed by atoms with Crippen molar-refractivity contribution in [3.05, 3.63) is 132 Å². The van der Waals surface area contributed by atoms with Crippen LogP contribution in [0.4, 0.5) is 0 Å². The lowest BCUT2D eigenvalue weighted by atomic mass is 9.99. The van der Waals surface area contributed by atoms with Gasteiger partial charge in [-0.3, -0.25) is 14.4 Å². The third-order valence-corrected chi connectivity index (χ3v) is 8.21. The van der Waals surface area contributed by atoms with Gasteiger partial charge in [-0.05, 0) is 64.0 Å². The quantitative estimate of drug-likeness (QED) is 0.121. The van der Waals surface area contributed by atoms with Crippen molar-refractivity contribution in [2.75, 3.05) is 13.1 Å². The number of carbonyl (C=O) groups excluding carboxylic acids is 3. The number of fused-ring (bicyclic) bond motifs is 2. The van der Waals surface area contributed by atoms with Crippen LogP contribution < -0.4 is 21.7 Å². The zero-order valence-corrected chi connectivity index (χ0v) is 26.1. The second-order valence-corrected chi connectivity index (χ2v) is 11.7. The lowest BCUT2D eigenvalue weighted by Crippen LogP contribution is -2.55. The highest BCUT2D eigenvalue weighted by Gasteiger charge is 2.27. The van der Waals surface area contributed by atoms with Gasteiger partial charge < -0.3 is 21.7 Å². The molecule has 0 aromatic heterocycles. The van der Waals surface area contributed by atoms with Crippen LogP contribution in [0.3, 0.4) is 0 Å². The number of nitrogens with one attached hydrogen (secondary N) is 3. The Balaban J connectivity index is 1.35. The molecule has 0 fully saturated rings. The van der Waals surface area contributed by atoms with Crippen molar-refractivity contribution in [1.82, 2.24) is 16.0 Å². The summed E-state index contributed by atoms with van der Waals surface area (Å²) in [7, 11) is 0. The Morgan fingerprint density at radius 3 is 1.70 bits per heavy atom. The molecule has 0 heterocycles. The molecule has 7 nitrogen and oxygen atoms in total. The van der Waals surface area contributed by atoms with Crippen molar-refractivity contribution in [3.63, 3.8) is 0 Å². The summed E-state index contributed by atoms with van der Waals surface area (Å²) in [5, 5.41) is 13.3. The fourth-order valence-corrected chi connectivity index (χ4v) is 5.67. The number of aryl methyl sites for hydroxylation is 1. The molecular formula is C39H42N4O3. The molecule has 2 atom stereocenters. The summed E-state index contributed by atoms with van der Waals surface area (Å²) in [6.45, 7) is 1.02. The Kier molecular flexibility index (Phi) is 11.5. The molecule has 7 heteroatoms. The van der Waals surface area contributed by atoms with E-state index in [2.05, 4.69) is 16.0 Å². The molecule has 5 aromatic rings. The molecule has 5 N–H and O–H groups in total. The first-order valence-corrected chi connectivity index (χ1v) is 16.1. The Bertz CT molecular complexity index is 1770. The fourth-order valence-electron chi connectivity index (χ4n) is 5.67. The smallest absolute Gasteiger partial charge is 0.243 e. The second-order valence-electron chi connectivity index (χ2n) is 11.7. The van der Waals surface area contributed by atoms with Crippen LogP contribution in [0, 0.1) is 0 Å². The minimum atomic E-state index is -0.867. The molecule has 0 aliphatic rings. The molecule has 0 saturated heterocycles. The predicted molar refractivity (Wildman–Crippen MR) is 185 cm³/mol. The van der Waals surface area contributed by atoms with Gasteiger partial charge in [-0.15, -0.1) is 0 Å². The van der Waals surface area contributed by atoms with Crippen LogP contribution in [0.15, 0.2) is 115 Å². The lowest BCUT2D eigenvalue weighted by molar-refractivity contribution is -0.132. The Hall–Kier alpha value is -5.01. The van der Waals surface area contributed by atoms with E-state index in [1.54, 1.807) is 0 Å². The van der Waals surface area contributed by atoms with Crippen molar-refractivity contribution in [1.29, 1.82) is 0 Å². The van der Waals surface area contributed by atoms with Crippen LogP contribution in [0.1, 0.15) is 36.0 Å². The highest BCUT2D eigenvalue weighted by atomic mass is 16.2. The van der Waals surface area contributed by atoms with Gasteiger partial charge in [0.2, 0.25) is 17.7 Å². The standard InChI is InChI=1S/C39H42N4O3/c40-22-8-9-23-41-38(45)35(26-29-16-19-31-12-4-6-14-33(31)24-29)43-39(46)36(42-37(44)21-18-28-10-2-1-3-11-28)27-30-17-20-32-13-5-7-15-34(32)25-30/h1-7,10-17,19-20,24-25,35-36H,8-9,18,21-23,26-27,40H2,(H,41,45)(H,42,44)(H,43,46)/t35-,36-/m0/s1. The average molecular weight is 615 g/mol. The molecule has 0 saturated carbocycles. The molecule has 3 amide bonds. The molecule has 46 heavy (non-hydrogen) atoms. The van der Waals surface area contributed by atoms with Crippen LogP contribution in [0.5, 0.6) is 0 Å². The van der Waals surface area contributed by atoms with E-state index >= 15 is 0 Å². The van der Waals surface area contributed by atoms with E-state index in [0.717, 1.165) is 51.1 Å². The summed E-state index contributed by atoms with van der Waals surface area (Å²) < 4.78 is 0. The molecule has 0 aliphatic carbocycles. The van der Waals surface area contributed by atoms with E-state index in [0.29, 0.717) is 25.9 Å². The van der Waals surface area contributed by atoms with Gasteiger partial charge in [0.25, 0.3) is 0 Å². The van der Waals surface area contributed by atoms with Gasteiger partial charge in [0.05, 0.1) is 0 Å². The summed E-state index contributed by atoms with van der Waals surface area (Å²) in [5.74, 6) is -0.885. The van der Waals surface area contributed by atoms with E-state index in [1.807, 2.05) is 115 Å². The Morgan fingerprint density at radius 2 is 1.11 bits per heavy atom. The van der Waals surface area contributed by atoms with Crippen LogP contribution in [0.25, 0.3) is 21.5 Å². The first kappa shape index (κ1) is 32.4. The monoisotopic (exact) mass is 614 g/mol. The topological polar surface area (TPSA) is 113 Å².